The molecule has 6 rings (SSSR count). The highest BCUT2D eigenvalue weighted by Crippen LogP contribution is 2.42. The number of hydrogen-bond donors (Lipinski definition) is 1. The SMILES string of the molecule is O=C1c2sc(-c3nc(Nc4cc5c(cc4Cl)CCN(C(=O)C(F)(F)F)C5)ncc3C(F)(F)F)cc2S(=O)(=O)CCN1CCOCC1OCCO1. The highest BCUT2D eigenvalue weighted by molar-refractivity contribution is 7.91. The Morgan fingerprint density at radius 3 is 2.54 bits per heavy atom. The first-order valence-electron chi connectivity index (χ1n) is 14.9. The van der Waals surface area contributed by atoms with Crippen LogP contribution in [-0.2, 0) is 48.0 Å². The zero-order valence-electron chi connectivity index (χ0n) is 25.6. The maximum atomic E-state index is 14.2. The van der Waals surface area contributed by atoms with E-state index in [0.717, 1.165) is 6.07 Å². The van der Waals surface area contributed by atoms with E-state index in [0.29, 0.717) is 46.8 Å². The number of nitrogens with one attached hydrogen (secondary N) is 1. The van der Waals surface area contributed by atoms with Crippen LogP contribution in [0.4, 0.5) is 38.0 Å². The molecule has 2 amide bonds. The molecule has 1 fully saturated rings. The van der Waals surface area contributed by atoms with Gasteiger partial charge in [0, 0.05) is 32.4 Å². The molecule has 5 heterocycles. The minimum atomic E-state index is -5.08. The van der Waals surface area contributed by atoms with Crippen LogP contribution in [0.2, 0.25) is 5.02 Å². The fraction of sp³-hybridized carbons (Fsp3) is 0.448. The molecule has 0 unspecified atom stereocenters. The number of benzene rings is 1. The Morgan fingerprint density at radius 2 is 1.84 bits per heavy atom. The van der Waals surface area contributed by atoms with E-state index in [1.807, 2.05) is 0 Å². The first-order chi connectivity index (χ1) is 23.5. The molecule has 3 aliphatic rings. The number of hydrogen-bond acceptors (Lipinski definition) is 11. The van der Waals surface area contributed by atoms with E-state index in [9.17, 15) is 44.3 Å². The molecule has 50 heavy (non-hydrogen) atoms. The van der Waals surface area contributed by atoms with Crippen LogP contribution in [-0.4, -0.2) is 104 Å². The summed E-state index contributed by atoms with van der Waals surface area (Å²) in [5, 5.41) is 2.72. The number of carbonyl (C=O) groups is 2. The van der Waals surface area contributed by atoms with Gasteiger partial charge in [0.25, 0.3) is 5.91 Å². The molecule has 3 aromatic rings. The molecule has 0 saturated carbocycles. The summed E-state index contributed by atoms with van der Waals surface area (Å²) in [7, 11) is -4.11. The van der Waals surface area contributed by atoms with Gasteiger partial charge in [-0.2, -0.15) is 26.3 Å². The van der Waals surface area contributed by atoms with Gasteiger partial charge in [0.2, 0.25) is 5.95 Å². The van der Waals surface area contributed by atoms with Crippen LogP contribution in [0.1, 0.15) is 26.4 Å². The highest BCUT2D eigenvalue weighted by atomic mass is 35.5. The number of thiophene rings is 1. The summed E-state index contributed by atoms with van der Waals surface area (Å²) < 4.78 is 124. The second-order valence-corrected chi connectivity index (χ2v) is 14.9. The minimum Gasteiger partial charge on any atom is -0.374 e. The number of carbonyl (C=O) groups excluding carboxylic acids is 2. The third-order valence-corrected chi connectivity index (χ3v) is 11.3. The van der Waals surface area contributed by atoms with Gasteiger partial charge in [-0.25, -0.2) is 18.4 Å². The van der Waals surface area contributed by atoms with E-state index >= 15 is 0 Å². The van der Waals surface area contributed by atoms with E-state index in [-0.39, 0.29) is 59.7 Å². The Bertz CT molecular complexity index is 1920. The number of fused-ring (bicyclic) bond motifs is 2. The molecular weight excluding hydrogens is 744 g/mol. The van der Waals surface area contributed by atoms with Crippen molar-refractivity contribution in [3.8, 4) is 10.6 Å². The van der Waals surface area contributed by atoms with E-state index in [1.54, 1.807) is 0 Å². The number of amides is 2. The minimum absolute atomic E-state index is 0.00716. The zero-order valence-corrected chi connectivity index (χ0v) is 28.0. The maximum Gasteiger partial charge on any atom is 0.471 e. The van der Waals surface area contributed by atoms with E-state index in [1.165, 1.54) is 17.0 Å². The standard InChI is InChI=1S/C29H26ClF6N5O7S2/c30-18-9-15-1-2-41(26(43)29(34,35)36)13-16(15)10-19(18)38-27-37-12-17(28(31,32)33)23(39-27)20-11-21-24(49-20)25(42)40(4-8-50(21,44)45)3-5-46-14-22-47-6-7-48-22/h9-12,22H,1-8,13-14H2,(H,37,38,39). The fourth-order valence-corrected chi connectivity index (χ4v) is 8.70. The van der Waals surface area contributed by atoms with E-state index in [2.05, 4.69) is 15.3 Å². The maximum absolute atomic E-state index is 14.2. The Morgan fingerprint density at radius 1 is 1.10 bits per heavy atom. The summed E-state index contributed by atoms with van der Waals surface area (Å²) >= 11 is 6.90. The highest BCUT2D eigenvalue weighted by Gasteiger charge is 2.43. The quantitative estimate of drug-likeness (QED) is 0.254. The molecule has 0 aliphatic carbocycles. The largest absolute Gasteiger partial charge is 0.471 e. The lowest BCUT2D eigenvalue weighted by molar-refractivity contribution is -0.186. The lowest BCUT2D eigenvalue weighted by Crippen LogP contribution is -2.43. The summed E-state index contributed by atoms with van der Waals surface area (Å²) in [4.78, 5) is 33.9. The molecule has 0 atom stereocenters. The van der Waals surface area contributed by atoms with Gasteiger partial charge in [-0.3, -0.25) is 9.59 Å². The lowest BCUT2D eigenvalue weighted by Gasteiger charge is -2.30. The first kappa shape index (κ1) is 36.2. The Balaban J connectivity index is 1.28. The molecule has 2 aromatic heterocycles. The van der Waals surface area contributed by atoms with Crippen LogP contribution in [0.25, 0.3) is 10.6 Å². The van der Waals surface area contributed by atoms with Gasteiger partial charge in [-0.05, 0) is 35.7 Å². The van der Waals surface area contributed by atoms with Crippen molar-refractivity contribution in [1.29, 1.82) is 0 Å². The van der Waals surface area contributed by atoms with Crippen LogP contribution >= 0.6 is 22.9 Å². The second-order valence-electron chi connectivity index (χ2n) is 11.3. The smallest absolute Gasteiger partial charge is 0.374 e. The molecule has 1 aromatic carbocycles. The third-order valence-electron chi connectivity index (χ3n) is 8.00. The number of anilines is 2. The number of ether oxygens (including phenoxy) is 3. The van der Waals surface area contributed by atoms with Gasteiger partial charge in [-0.15, -0.1) is 11.3 Å². The number of aromatic nitrogens is 2. The van der Waals surface area contributed by atoms with Crippen LogP contribution in [0.3, 0.4) is 0 Å². The van der Waals surface area contributed by atoms with Gasteiger partial charge < -0.3 is 29.3 Å². The zero-order chi connectivity index (χ0) is 36.0. The Hall–Kier alpha value is -3.56. The van der Waals surface area contributed by atoms with Crippen molar-refractivity contribution in [3.05, 3.63) is 51.0 Å². The number of rotatable bonds is 8. The normalized spacial score (nSPS) is 18.2. The summed E-state index contributed by atoms with van der Waals surface area (Å²) in [6.45, 7) is 0.170. The van der Waals surface area contributed by atoms with E-state index < -0.39 is 74.7 Å². The molecule has 0 radical (unpaired) electrons. The van der Waals surface area contributed by atoms with Crippen molar-refractivity contribution in [2.45, 2.75) is 36.5 Å². The summed E-state index contributed by atoms with van der Waals surface area (Å²) in [6.07, 6.45) is -10.1. The van der Waals surface area contributed by atoms with Gasteiger partial charge >= 0.3 is 18.3 Å². The molecule has 1 saturated heterocycles. The van der Waals surface area contributed by atoms with Gasteiger partial charge in [0.1, 0.15) is 10.4 Å². The third kappa shape index (κ3) is 7.69. The van der Waals surface area contributed by atoms with Crippen LogP contribution in [0, 0.1) is 0 Å². The van der Waals surface area contributed by atoms with Crippen LogP contribution < -0.4 is 5.32 Å². The first-order valence-corrected chi connectivity index (χ1v) is 17.7. The van der Waals surface area contributed by atoms with Crippen molar-refractivity contribution < 1.29 is 58.6 Å². The van der Waals surface area contributed by atoms with Crippen molar-refractivity contribution in [2.75, 3.05) is 57.1 Å². The lowest BCUT2D eigenvalue weighted by atomic mass is 9.99. The average Bonchev–Trinajstić information content (AvgIpc) is 3.73. The molecule has 3 aliphatic heterocycles. The number of alkyl halides is 6. The van der Waals surface area contributed by atoms with Crippen molar-refractivity contribution in [2.24, 2.45) is 0 Å². The molecule has 0 bridgehead atoms. The number of nitrogens with zero attached hydrogens (tertiary/aromatic N) is 4. The molecular formula is C29H26ClF6N5O7S2. The molecule has 1 N–H and O–H groups in total. The second kappa shape index (κ2) is 13.9. The van der Waals surface area contributed by atoms with Gasteiger partial charge in [0.05, 0.1) is 58.4 Å². The van der Waals surface area contributed by atoms with Crippen molar-refractivity contribution in [1.82, 2.24) is 19.8 Å². The van der Waals surface area contributed by atoms with Crippen molar-refractivity contribution >= 4 is 56.2 Å². The number of halogens is 7. The molecule has 270 valence electrons. The predicted octanol–water partition coefficient (Wildman–Crippen LogP) is 4.69. The fourth-order valence-electron chi connectivity index (χ4n) is 5.51. The number of sulfone groups is 1. The van der Waals surface area contributed by atoms with Crippen LogP contribution in [0.15, 0.2) is 29.3 Å². The molecule has 0 spiro atoms. The molecule has 12 nitrogen and oxygen atoms in total. The Labute approximate surface area is 289 Å². The predicted molar refractivity (Wildman–Crippen MR) is 165 cm³/mol. The van der Waals surface area contributed by atoms with Crippen LogP contribution in [0.5, 0.6) is 0 Å². The summed E-state index contributed by atoms with van der Waals surface area (Å²) in [5.74, 6) is -3.63. The van der Waals surface area contributed by atoms with Gasteiger partial charge in [-0.1, -0.05) is 11.6 Å². The summed E-state index contributed by atoms with van der Waals surface area (Å²) in [5.41, 5.74) is -1.12. The topological polar surface area (TPSA) is 140 Å². The van der Waals surface area contributed by atoms with Crippen molar-refractivity contribution in [3.63, 3.8) is 0 Å². The molecule has 21 heteroatoms. The van der Waals surface area contributed by atoms with Gasteiger partial charge in [0.15, 0.2) is 16.1 Å². The summed E-state index contributed by atoms with van der Waals surface area (Å²) in [6, 6.07) is 3.78. The van der Waals surface area contributed by atoms with E-state index in [4.69, 9.17) is 25.8 Å². The monoisotopic (exact) mass is 769 g/mol. The Kier molecular flexibility index (Phi) is 10.1. The average molecular weight is 770 g/mol.